The molecule has 0 fully saturated rings. The fraction of sp³-hybridized carbons (Fsp3) is 0.357. The van der Waals surface area contributed by atoms with Crippen LogP contribution >= 0.6 is 11.3 Å². The molecule has 0 aliphatic heterocycles. The molecule has 0 atom stereocenters. The van der Waals surface area contributed by atoms with E-state index in [1.165, 1.54) is 4.88 Å². The van der Waals surface area contributed by atoms with Gasteiger partial charge in [0.25, 0.3) is 0 Å². The predicted molar refractivity (Wildman–Crippen MR) is 76.8 cm³/mol. The van der Waals surface area contributed by atoms with Gasteiger partial charge in [0.05, 0.1) is 6.61 Å². The zero-order chi connectivity index (χ0) is 13.5. The third-order valence-electron chi connectivity index (χ3n) is 2.45. The highest BCUT2D eigenvalue weighted by molar-refractivity contribution is 7.11. The average Bonchev–Trinajstić information content (AvgIpc) is 2.86. The van der Waals surface area contributed by atoms with Gasteiger partial charge in [0.15, 0.2) is 11.5 Å². The maximum absolute atomic E-state index is 5.77. The van der Waals surface area contributed by atoms with Crippen LogP contribution in [-0.4, -0.2) is 18.6 Å². The van der Waals surface area contributed by atoms with Gasteiger partial charge in [-0.3, -0.25) is 0 Å². The topological polar surface area (TPSA) is 43.4 Å². The van der Waals surface area contributed by atoms with Crippen LogP contribution in [0.4, 0.5) is 0 Å². The molecule has 19 heavy (non-hydrogen) atoms. The standard InChI is InChI=1S/C14H18N2O2S/c1-3-17-12-6-4-5-7-13(12)18-10-14-16-9-11(19-14)8-15-2/h4-7,9,15H,3,8,10H2,1-2H3. The number of aromatic nitrogens is 1. The van der Waals surface area contributed by atoms with Gasteiger partial charge >= 0.3 is 0 Å². The number of ether oxygens (including phenoxy) is 2. The van der Waals surface area contributed by atoms with Gasteiger partial charge in [0.2, 0.25) is 0 Å². The van der Waals surface area contributed by atoms with Gasteiger partial charge in [0.1, 0.15) is 11.6 Å². The number of nitrogens with zero attached hydrogens (tertiary/aromatic N) is 1. The van der Waals surface area contributed by atoms with E-state index in [0.717, 1.165) is 23.1 Å². The van der Waals surface area contributed by atoms with Crippen LogP contribution in [0, 0.1) is 0 Å². The van der Waals surface area contributed by atoms with E-state index in [0.29, 0.717) is 13.2 Å². The van der Waals surface area contributed by atoms with Gasteiger partial charge in [-0.2, -0.15) is 0 Å². The summed E-state index contributed by atoms with van der Waals surface area (Å²) >= 11 is 1.66. The minimum absolute atomic E-state index is 0.471. The van der Waals surface area contributed by atoms with Crippen molar-refractivity contribution in [1.82, 2.24) is 10.3 Å². The molecule has 1 N–H and O–H groups in total. The van der Waals surface area contributed by atoms with Gasteiger partial charge < -0.3 is 14.8 Å². The quantitative estimate of drug-likeness (QED) is 0.846. The summed E-state index contributed by atoms with van der Waals surface area (Å²) in [7, 11) is 1.92. The van der Waals surface area contributed by atoms with Gasteiger partial charge in [-0.25, -0.2) is 4.98 Å². The molecule has 4 nitrogen and oxygen atoms in total. The summed E-state index contributed by atoms with van der Waals surface area (Å²) in [6.45, 7) is 3.90. The monoisotopic (exact) mass is 278 g/mol. The fourth-order valence-corrected chi connectivity index (χ4v) is 2.50. The summed E-state index contributed by atoms with van der Waals surface area (Å²) < 4.78 is 11.3. The van der Waals surface area contributed by atoms with Gasteiger partial charge in [-0.05, 0) is 26.1 Å². The molecule has 0 radical (unpaired) electrons. The van der Waals surface area contributed by atoms with Crippen LogP contribution in [0.2, 0.25) is 0 Å². The van der Waals surface area contributed by atoms with Gasteiger partial charge in [-0.15, -0.1) is 11.3 Å². The maximum Gasteiger partial charge on any atom is 0.161 e. The predicted octanol–water partition coefficient (Wildman–Crippen LogP) is 2.84. The van der Waals surface area contributed by atoms with E-state index in [4.69, 9.17) is 9.47 Å². The Morgan fingerprint density at radius 3 is 2.63 bits per heavy atom. The molecule has 102 valence electrons. The zero-order valence-corrected chi connectivity index (χ0v) is 12.0. The van der Waals surface area contributed by atoms with Gasteiger partial charge in [-0.1, -0.05) is 12.1 Å². The Kier molecular flexibility index (Phi) is 5.18. The molecule has 2 rings (SSSR count). The second kappa shape index (κ2) is 7.11. The van der Waals surface area contributed by atoms with Crippen molar-refractivity contribution in [1.29, 1.82) is 0 Å². The second-order valence-electron chi connectivity index (χ2n) is 3.92. The highest BCUT2D eigenvalue weighted by atomic mass is 32.1. The molecule has 0 aliphatic rings. The van der Waals surface area contributed by atoms with Gasteiger partial charge in [0, 0.05) is 17.6 Å². The van der Waals surface area contributed by atoms with Crippen LogP contribution in [0.15, 0.2) is 30.5 Å². The molecule has 5 heteroatoms. The number of hydrogen-bond donors (Lipinski definition) is 1. The third kappa shape index (κ3) is 3.94. The molecule has 0 spiro atoms. The van der Waals surface area contributed by atoms with Crippen LogP contribution in [0.5, 0.6) is 11.5 Å². The molecule has 0 unspecified atom stereocenters. The minimum Gasteiger partial charge on any atom is -0.490 e. The molecule has 0 saturated carbocycles. The Morgan fingerprint density at radius 1 is 1.21 bits per heavy atom. The first kappa shape index (κ1) is 13.8. The number of hydrogen-bond acceptors (Lipinski definition) is 5. The molecule has 0 amide bonds. The Balaban J connectivity index is 1.97. The van der Waals surface area contributed by atoms with E-state index in [-0.39, 0.29) is 0 Å². The lowest BCUT2D eigenvalue weighted by molar-refractivity contribution is 0.269. The van der Waals surface area contributed by atoms with Crippen molar-refractivity contribution in [3.63, 3.8) is 0 Å². The number of thiazole rings is 1. The van der Waals surface area contributed by atoms with E-state index in [2.05, 4.69) is 10.3 Å². The second-order valence-corrected chi connectivity index (χ2v) is 5.12. The molecule has 1 heterocycles. The molecule has 0 aliphatic carbocycles. The average molecular weight is 278 g/mol. The third-order valence-corrected chi connectivity index (χ3v) is 3.42. The Labute approximate surface area is 117 Å². The SMILES string of the molecule is CCOc1ccccc1OCc1ncc(CNC)s1. The van der Waals surface area contributed by atoms with Crippen molar-refractivity contribution < 1.29 is 9.47 Å². The zero-order valence-electron chi connectivity index (χ0n) is 11.2. The van der Waals surface area contributed by atoms with Crippen molar-refractivity contribution in [3.05, 3.63) is 40.3 Å². The van der Waals surface area contributed by atoms with Crippen LogP contribution in [0.3, 0.4) is 0 Å². The van der Waals surface area contributed by atoms with Crippen LogP contribution in [-0.2, 0) is 13.2 Å². The highest BCUT2D eigenvalue weighted by Gasteiger charge is 2.06. The molecule has 0 saturated heterocycles. The van der Waals surface area contributed by atoms with Crippen molar-refractivity contribution >= 4 is 11.3 Å². The maximum atomic E-state index is 5.77. The molecule has 0 bridgehead atoms. The van der Waals surface area contributed by atoms with E-state index in [1.54, 1.807) is 11.3 Å². The largest absolute Gasteiger partial charge is 0.490 e. The summed E-state index contributed by atoms with van der Waals surface area (Å²) in [6.07, 6.45) is 1.88. The van der Waals surface area contributed by atoms with Crippen molar-refractivity contribution in [3.8, 4) is 11.5 Å². The Bertz CT molecular complexity index is 514. The molecular weight excluding hydrogens is 260 g/mol. The molecular formula is C14H18N2O2S. The molecule has 2 aromatic rings. The normalized spacial score (nSPS) is 10.4. The van der Waals surface area contributed by atoms with E-state index in [1.807, 2.05) is 44.4 Å². The van der Waals surface area contributed by atoms with Crippen LogP contribution in [0.1, 0.15) is 16.8 Å². The lowest BCUT2D eigenvalue weighted by Crippen LogP contribution is -2.02. The summed E-state index contributed by atoms with van der Waals surface area (Å²) in [6, 6.07) is 7.69. The lowest BCUT2D eigenvalue weighted by Gasteiger charge is -2.10. The summed E-state index contributed by atoms with van der Waals surface area (Å²) in [4.78, 5) is 5.55. The summed E-state index contributed by atoms with van der Waals surface area (Å²) in [5.74, 6) is 1.53. The first-order valence-corrected chi connectivity index (χ1v) is 7.08. The Hall–Kier alpha value is -1.59. The van der Waals surface area contributed by atoms with Crippen molar-refractivity contribution in [2.24, 2.45) is 0 Å². The number of nitrogens with one attached hydrogen (secondary N) is 1. The summed E-state index contributed by atoms with van der Waals surface area (Å²) in [5, 5.41) is 4.08. The number of benzene rings is 1. The van der Waals surface area contributed by atoms with E-state index < -0.39 is 0 Å². The van der Waals surface area contributed by atoms with Crippen molar-refractivity contribution in [2.45, 2.75) is 20.1 Å². The molecule has 1 aromatic heterocycles. The van der Waals surface area contributed by atoms with Crippen LogP contribution < -0.4 is 14.8 Å². The molecule has 1 aromatic carbocycles. The van der Waals surface area contributed by atoms with E-state index in [9.17, 15) is 0 Å². The summed E-state index contributed by atoms with van der Waals surface area (Å²) in [5.41, 5.74) is 0. The fourth-order valence-electron chi connectivity index (χ4n) is 1.65. The minimum atomic E-state index is 0.471. The first-order valence-electron chi connectivity index (χ1n) is 6.26. The first-order chi connectivity index (χ1) is 9.33. The smallest absolute Gasteiger partial charge is 0.161 e. The van der Waals surface area contributed by atoms with Crippen LogP contribution in [0.25, 0.3) is 0 Å². The number of rotatable bonds is 7. The van der Waals surface area contributed by atoms with E-state index >= 15 is 0 Å². The van der Waals surface area contributed by atoms with Crippen molar-refractivity contribution in [2.75, 3.05) is 13.7 Å². The highest BCUT2D eigenvalue weighted by Crippen LogP contribution is 2.27. The number of para-hydroxylation sites is 2. The lowest BCUT2D eigenvalue weighted by atomic mass is 10.3. The Morgan fingerprint density at radius 2 is 1.95 bits per heavy atom.